The maximum absolute atomic E-state index is 14.1. The van der Waals surface area contributed by atoms with Gasteiger partial charge in [0.25, 0.3) is 11.8 Å². The smallest absolute Gasteiger partial charge is 0.407 e. The molecule has 4 aliphatic rings. The van der Waals surface area contributed by atoms with Gasteiger partial charge in [0.05, 0.1) is 95.8 Å². The van der Waals surface area contributed by atoms with Crippen LogP contribution in [0.15, 0.2) is 54.6 Å². The normalized spacial score (nSPS) is 21.1. The molecular weight excluding hydrogens is 1270 g/mol. The van der Waals surface area contributed by atoms with Crippen molar-refractivity contribution >= 4 is 70.6 Å². The largest absolute Gasteiger partial charge is 0.507 e. The topological polar surface area (TPSA) is 484 Å². The summed E-state index contributed by atoms with van der Waals surface area (Å²) in [7, 11) is 1.30. The minimum Gasteiger partial charge on any atom is -0.507 e. The number of nitrogens with two attached hydrogens (primary N) is 1. The Labute approximate surface area is 549 Å². The number of carbonyl (C=O) groups excluding carboxylic acids is 11. The first-order valence-corrected chi connectivity index (χ1v) is 30.7. The Bertz CT molecular complexity index is 3390. The number of ether oxygens (including phenoxy) is 8. The average molecular weight is 1350 g/mol. The van der Waals surface area contributed by atoms with Gasteiger partial charge >= 0.3 is 6.09 Å². The fraction of sp³-hybridized carbons (Fsp3) is 0.508. The van der Waals surface area contributed by atoms with Crippen molar-refractivity contribution in [1.29, 1.82) is 0 Å². The minimum atomic E-state index is -2.41. The molecule has 3 aromatic rings. The van der Waals surface area contributed by atoms with Crippen molar-refractivity contribution < 1.29 is 121 Å². The molecule has 3 aromatic carbocycles. The number of amides is 9. The Balaban J connectivity index is 0.794. The number of nitrogens with one attached hydrogen (secondary N) is 6. The summed E-state index contributed by atoms with van der Waals surface area (Å²) in [6.07, 6.45) is -8.10. The van der Waals surface area contributed by atoms with E-state index in [1.165, 1.54) is 70.3 Å². The van der Waals surface area contributed by atoms with Crippen molar-refractivity contribution in [3.8, 4) is 17.2 Å². The zero-order chi connectivity index (χ0) is 70.0. The van der Waals surface area contributed by atoms with Gasteiger partial charge in [0.1, 0.15) is 66.4 Å². The second-order valence-corrected chi connectivity index (χ2v) is 22.9. The first-order chi connectivity index (χ1) is 45.7. The lowest BCUT2D eigenvalue weighted by atomic mass is 9.71. The van der Waals surface area contributed by atoms with Crippen LogP contribution in [0.3, 0.4) is 0 Å². The molecule has 33 heteroatoms. The number of aromatic hydroxyl groups is 2. The number of anilines is 1. The molecule has 2 aliphatic carbocycles. The summed E-state index contributed by atoms with van der Waals surface area (Å²) in [5.41, 5.74) is 2.16. The predicted molar refractivity (Wildman–Crippen MR) is 329 cm³/mol. The number of phenols is 2. The molecule has 1 saturated heterocycles. The van der Waals surface area contributed by atoms with Crippen LogP contribution in [0.5, 0.6) is 17.2 Å². The summed E-state index contributed by atoms with van der Waals surface area (Å²) >= 11 is 0. The van der Waals surface area contributed by atoms with E-state index in [0.717, 1.165) is 17.1 Å². The number of aliphatic hydroxyl groups excluding tert-OH is 3. The highest BCUT2D eigenvalue weighted by Gasteiger charge is 2.50. The van der Waals surface area contributed by atoms with E-state index >= 15 is 0 Å². The number of Topliss-reactive ketones (excluding diaryl/α,β-unsaturated/α-hetero) is 1. The van der Waals surface area contributed by atoms with Crippen molar-refractivity contribution in [2.24, 2.45) is 5.73 Å². The molecule has 14 N–H and O–H groups in total. The molecule has 1 fully saturated rings. The van der Waals surface area contributed by atoms with Crippen molar-refractivity contribution in [2.75, 3.05) is 85.0 Å². The van der Waals surface area contributed by atoms with Gasteiger partial charge in [-0.15, -0.1) is 0 Å². The molecule has 9 amide bonds. The second kappa shape index (κ2) is 34.6. The van der Waals surface area contributed by atoms with E-state index in [1.54, 1.807) is 0 Å². The van der Waals surface area contributed by atoms with Crippen LogP contribution in [-0.2, 0) is 89.3 Å². The van der Waals surface area contributed by atoms with E-state index in [1.807, 2.05) is 0 Å². The van der Waals surface area contributed by atoms with Crippen molar-refractivity contribution in [2.45, 2.75) is 126 Å². The highest BCUT2D eigenvalue weighted by atomic mass is 16.7. The molecule has 1 unspecified atom stereocenters. The van der Waals surface area contributed by atoms with Crippen LogP contribution in [0, 0.1) is 0 Å². The maximum Gasteiger partial charge on any atom is 0.407 e. The number of hydrogen-bond acceptors (Lipinski definition) is 25. The average Bonchev–Trinajstić information content (AvgIpc) is 0.777. The molecule has 10 atom stereocenters. The van der Waals surface area contributed by atoms with E-state index in [0.29, 0.717) is 5.56 Å². The van der Waals surface area contributed by atoms with Crippen LogP contribution in [0.25, 0.3) is 0 Å². The Kier molecular flexibility index (Phi) is 26.8. The molecule has 0 spiro atoms. The summed E-state index contributed by atoms with van der Waals surface area (Å²) in [6, 6.07) is 5.20. The Morgan fingerprint density at radius 3 is 2.02 bits per heavy atom. The van der Waals surface area contributed by atoms with Crippen molar-refractivity contribution in [3.63, 3.8) is 0 Å². The molecule has 522 valence electrons. The first-order valence-electron chi connectivity index (χ1n) is 30.7. The van der Waals surface area contributed by atoms with Gasteiger partial charge < -0.3 is 106 Å². The number of imide groups is 1. The van der Waals surface area contributed by atoms with Crippen LogP contribution in [0.4, 0.5) is 10.5 Å². The number of fused-ring (bicyclic) bond motifs is 3. The highest BCUT2D eigenvalue weighted by Crippen LogP contribution is 2.54. The lowest BCUT2D eigenvalue weighted by Crippen LogP contribution is -2.56. The van der Waals surface area contributed by atoms with Gasteiger partial charge in [0.15, 0.2) is 12.1 Å². The number of primary amides is 1. The van der Waals surface area contributed by atoms with E-state index < -0.39 is 168 Å². The summed E-state index contributed by atoms with van der Waals surface area (Å²) in [4.78, 5) is 141. The quantitative estimate of drug-likeness (QED) is 0.0172. The van der Waals surface area contributed by atoms with Crippen molar-refractivity contribution in [3.05, 3.63) is 93.6 Å². The van der Waals surface area contributed by atoms with E-state index in [2.05, 4.69) is 31.9 Å². The lowest BCUT2D eigenvalue weighted by molar-refractivity contribution is -0.249. The molecule has 0 radical (unpaired) electrons. The number of benzene rings is 3. The number of hydrogen-bond donors (Lipinski definition) is 13. The summed E-state index contributed by atoms with van der Waals surface area (Å²) in [6.45, 7) is 4.61. The number of phenolic OH excluding ortho intramolecular Hbond substituents is 2. The van der Waals surface area contributed by atoms with Crippen LogP contribution >= 0.6 is 0 Å². The zero-order valence-corrected chi connectivity index (χ0v) is 53.1. The lowest BCUT2D eigenvalue weighted by Gasteiger charge is -2.43. The molecule has 0 saturated carbocycles. The van der Waals surface area contributed by atoms with E-state index in [4.69, 9.17) is 43.6 Å². The van der Waals surface area contributed by atoms with E-state index in [9.17, 15) is 83.4 Å². The molecule has 2 heterocycles. The molecular formula is C63H80N8O25. The summed E-state index contributed by atoms with van der Waals surface area (Å²) in [5.74, 6) is -8.46. The maximum atomic E-state index is 14.1. The fourth-order valence-electron chi connectivity index (χ4n) is 10.9. The predicted octanol–water partition coefficient (Wildman–Crippen LogP) is -1.98. The van der Waals surface area contributed by atoms with Crippen molar-refractivity contribution in [1.82, 2.24) is 31.5 Å². The molecule has 0 bridgehead atoms. The number of methoxy groups -OCH3 is 1. The molecule has 7 rings (SSSR count). The van der Waals surface area contributed by atoms with Gasteiger partial charge in [-0.2, -0.15) is 0 Å². The number of ketones is 2. The third kappa shape index (κ3) is 19.3. The number of aliphatic hydroxyl groups is 4. The van der Waals surface area contributed by atoms with Crippen LogP contribution < -0.4 is 42.4 Å². The second-order valence-electron chi connectivity index (χ2n) is 22.9. The zero-order valence-electron chi connectivity index (χ0n) is 53.1. The van der Waals surface area contributed by atoms with Gasteiger partial charge in [0, 0.05) is 85.3 Å². The molecule has 0 aromatic heterocycles. The summed E-state index contributed by atoms with van der Waals surface area (Å²) < 4.78 is 44.7. The van der Waals surface area contributed by atoms with Gasteiger partial charge in [-0.3, -0.25) is 52.8 Å². The Morgan fingerprint density at radius 1 is 0.760 bits per heavy atom. The molecule has 96 heavy (non-hydrogen) atoms. The monoisotopic (exact) mass is 1350 g/mol. The Morgan fingerprint density at radius 2 is 1.39 bits per heavy atom. The third-order valence-electron chi connectivity index (χ3n) is 16.0. The standard InChI is InChI=1S/C63H80N8O25/c1-32(66-46(76)15-18-90-20-22-92-24-25-93-23-21-91-19-16-65-45(75)14-17-71-47(77)12-13-48(71)78)59(84)67-33(2)60(85)69-40(26-44(64)74)61(86)68-36-10-8-35(9-11-36)31-94-62(87)70-39-27-49(95-34(3)54(39)79)96-42-29-63(88,43(73)30-72)28-38-51(42)58(83)53-52(56(38)81)55(80)37-6-5-7-41(89-4)50(37)57(53)82/h5-13,32-34,39-40,42,49,54-55,72,79-81,83,88H,14-31H2,1-4H3,(H2,64,74)(H,65,75)(H,66,76)(H,67,84)(H,68,86)(H,69,85)(H,70,87)/t32-,33-,34+,39+,40-,42+,49+,54-,55?,63+/m1/s1. The number of carbonyl (C=O) groups is 11. The molecule has 2 aliphatic heterocycles. The van der Waals surface area contributed by atoms with Gasteiger partial charge in [-0.1, -0.05) is 24.3 Å². The summed E-state index contributed by atoms with van der Waals surface area (Å²) in [5, 5.41) is 83.0. The van der Waals surface area contributed by atoms with Crippen LogP contribution in [-0.4, -0.2) is 228 Å². The first kappa shape index (κ1) is 74.4. The SMILES string of the molecule is COc1cccc2c1C(=O)c1c(O)c3c(c(O)c1C2O)C[C@@](O)(C(=O)CO)C[C@@H]3O[C@H]1C[C@H](NC(=O)OCc2ccc(NC(=O)[C@@H](CC(N)=O)NC(=O)[C@@H](C)NC(=O)[C@@H](C)NC(=O)CCOCCOCCOCCOCCNC(=O)CCN3C(=O)C=CC3=O)cc2)[C@H](O)[C@H](C)O1. The van der Waals surface area contributed by atoms with Crippen LogP contribution in [0.2, 0.25) is 0 Å². The number of alkyl carbamates (subject to hydrolysis) is 1. The molecule has 33 nitrogen and oxygen atoms in total. The Hall–Kier alpha value is -9.03. The minimum absolute atomic E-state index is 0.00627. The highest BCUT2D eigenvalue weighted by molar-refractivity contribution is 6.17. The third-order valence-corrected chi connectivity index (χ3v) is 16.0. The van der Waals surface area contributed by atoms with Crippen LogP contribution in [0.1, 0.15) is 109 Å². The number of rotatable bonds is 35. The van der Waals surface area contributed by atoms with E-state index in [-0.39, 0.29) is 131 Å². The van der Waals surface area contributed by atoms with Gasteiger partial charge in [-0.25, -0.2) is 4.79 Å². The van der Waals surface area contributed by atoms with Gasteiger partial charge in [-0.05, 0) is 44.5 Å². The number of nitrogens with zero attached hydrogens (tertiary/aromatic N) is 1. The fourth-order valence-corrected chi connectivity index (χ4v) is 10.9. The van der Waals surface area contributed by atoms with Gasteiger partial charge in [0.2, 0.25) is 41.2 Å².